The summed E-state index contributed by atoms with van der Waals surface area (Å²) in [6.07, 6.45) is 47.2. The molecule has 9 heteroatoms. The fourth-order valence-electron chi connectivity index (χ4n) is 7.22. The first kappa shape index (κ1) is 55.9. The van der Waals surface area contributed by atoms with Crippen molar-refractivity contribution in [3.05, 3.63) is 60.8 Å². The van der Waals surface area contributed by atoms with E-state index in [9.17, 15) is 25.2 Å². The first-order chi connectivity index (χ1) is 29.4. The van der Waals surface area contributed by atoms with Gasteiger partial charge in [0.2, 0.25) is 0 Å². The molecule has 1 heterocycles. The predicted molar refractivity (Wildman–Crippen MR) is 247 cm³/mol. The summed E-state index contributed by atoms with van der Waals surface area (Å²) in [6.45, 7) is 4.34. The summed E-state index contributed by atoms with van der Waals surface area (Å²) in [6, 6.07) is 0. The van der Waals surface area contributed by atoms with Crippen LogP contribution in [0.25, 0.3) is 0 Å². The quantitative estimate of drug-likeness (QED) is 0.0269. The largest absolute Gasteiger partial charge is 0.457 e. The van der Waals surface area contributed by atoms with Crippen molar-refractivity contribution in [2.24, 2.45) is 0 Å². The van der Waals surface area contributed by atoms with Crippen LogP contribution in [0, 0.1) is 0 Å². The number of ether oxygens (including phenoxy) is 4. The second kappa shape index (κ2) is 42.2. The van der Waals surface area contributed by atoms with Gasteiger partial charge < -0.3 is 39.4 Å². The van der Waals surface area contributed by atoms with Gasteiger partial charge in [0.1, 0.15) is 30.5 Å². The van der Waals surface area contributed by atoms with E-state index in [0.717, 1.165) is 38.5 Å². The molecule has 0 amide bonds. The molecular formula is C51H90O9. The molecule has 0 radical (unpaired) electrons. The van der Waals surface area contributed by atoms with Crippen LogP contribution in [-0.4, -0.2) is 89.6 Å². The number of aliphatic hydroxyl groups is 4. The number of rotatable bonds is 41. The van der Waals surface area contributed by atoms with Crippen LogP contribution in [0.3, 0.4) is 0 Å². The van der Waals surface area contributed by atoms with Crippen LogP contribution in [-0.2, 0) is 23.7 Å². The number of hydrogen-bond acceptors (Lipinski definition) is 9. The predicted octanol–water partition coefficient (Wildman–Crippen LogP) is 11.5. The average Bonchev–Trinajstić information content (AvgIpc) is 3.25. The van der Waals surface area contributed by atoms with E-state index in [1.165, 1.54) is 128 Å². The van der Waals surface area contributed by atoms with Crippen LogP contribution < -0.4 is 0 Å². The molecule has 0 aromatic heterocycles. The van der Waals surface area contributed by atoms with E-state index in [4.69, 9.17) is 18.9 Å². The maximum Gasteiger partial charge on any atom is 0.310 e. The van der Waals surface area contributed by atoms with Gasteiger partial charge in [-0.15, -0.1) is 0 Å². The molecule has 0 aromatic rings. The molecule has 0 bridgehead atoms. The summed E-state index contributed by atoms with van der Waals surface area (Å²) in [7, 11) is 0. The number of hydrogen-bond donors (Lipinski definition) is 4. The lowest BCUT2D eigenvalue weighted by Gasteiger charge is -2.39. The topological polar surface area (TPSA) is 135 Å². The maximum absolute atomic E-state index is 12.7. The van der Waals surface area contributed by atoms with E-state index < -0.39 is 49.4 Å². The Morgan fingerprint density at radius 3 is 1.38 bits per heavy atom. The molecule has 60 heavy (non-hydrogen) atoms. The molecule has 0 spiro atoms. The van der Waals surface area contributed by atoms with Gasteiger partial charge in [-0.2, -0.15) is 0 Å². The van der Waals surface area contributed by atoms with Crippen LogP contribution in [0.15, 0.2) is 60.8 Å². The summed E-state index contributed by atoms with van der Waals surface area (Å²) in [4.78, 5) is 12.7. The van der Waals surface area contributed by atoms with Gasteiger partial charge in [-0.1, -0.05) is 209 Å². The molecule has 1 rings (SSSR count). The van der Waals surface area contributed by atoms with E-state index in [0.29, 0.717) is 13.0 Å². The maximum atomic E-state index is 12.7. The van der Waals surface area contributed by atoms with Crippen LogP contribution in [0.1, 0.15) is 194 Å². The average molecular weight is 847 g/mol. The number of carbonyl (C=O) groups is 1. The van der Waals surface area contributed by atoms with Crippen molar-refractivity contribution in [1.82, 2.24) is 0 Å². The van der Waals surface area contributed by atoms with E-state index in [2.05, 4.69) is 62.5 Å². The molecule has 0 saturated carbocycles. The van der Waals surface area contributed by atoms with E-state index in [1.54, 1.807) is 6.08 Å². The Balaban J connectivity index is 2.24. The molecule has 348 valence electrons. The number of carbonyl (C=O) groups excluding carboxylic acids is 1. The van der Waals surface area contributed by atoms with Crippen molar-refractivity contribution in [3.8, 4) is 0 Å². The smallest absolute Gasteiger partial charge is 0.310 e. The second-order valence-corrected chi connectivity index (χ2v) is 16.6. The molecule has 0 aromatic carbocycles. The summed E-state index contributed by atoms with van der Waals surface area (Å²) < 4.78 is 22.7. The number of esters is 1. The molecule has 4 N–H and O–H groups in total. The van der Waals surface area contributed by atoms with Gasteiger partial charge in [0.25, 0.3) is 0 Å². The van der Waals surface area contributed by atoms with Crippen LogP contribution >= 0.6 is 0 Å². The van der Waals surface area contributed by atoms with Crippen molar-refractivity contribution in [2.45, 2.75) is 230 Å². The highest BCUT2D eigenvalue weighted by Crippen LogP contribution is 2.22. The zero-order valence-corrected chi connectivity index (χ0v) is 38.2. The summed E-state index contributed by atoms with van der Waals surface area (Å²) in [5.74, 6) is -0.438. The molecular weight excluding hydrogens is 757 g/mol. The Bertz CT molecular complexity index is 1100. The molecule has 1 aliphatic rings. The highest BCUT2D eigenvalue weighted by Gasteiger charge is 2.44. The highest BCUT2D eigenvalue weighted by atomic mass is 16.7. The first-order valence-electron chi connectivity index (χ1n) is 24.4. The molecule has 1 saturated heterocycles. The second-order valence-electron chi connectivity index (χ2n) is 16.6. The van der Waals surface area contributed by atoms with Crippen LogP contribution in [0.2, 0.25) is 0 Å². The lowest BCUT2D eigenvalue weighted by atomic mass is 9.99. The van der Waals surface area contributed by atoms with E-state index in [1.807, 2.05) is 6.08 Å². The zero-order chi connectivity index (χ0) is 43.6. The summed E-state index contributed by atoms with van der Waals surface area (Å²) in [5, 5.41) is 40.1. The van der Waals surface area contributed by atoms with Gasteiger partial charge in [0.05, 0.1) is 26.2 Å². The molecule has 0 aliphatic carbocycles. The zero-order valence-electron chi connectivity index (χ0n) is 38.2. The van der Waals surface area contributed by atoms with Crippen molar-refractivity contribution in [3.63, 3.8) is 0 Å². The molecule has 1 aliphatic heterocycles. The van der Waals surface area contributed by atoms with Gasteiger partial charge in [0, 0.05) is 6.61 Å². The van der Waals surface area contributed by atoms with Crippen LogP contribution in [0.4, 0.5) is 0 Å². The molecule has 6 unspecified atom stereocenters. The molecule has 1 fully saturated rings. The third kappa shape index (κ3) is 32.6. The van der Waals surface area contributed by atoms with Gasteiger partial charge in [-0.25, -0.2) is 0 Å². The van der Waals surface area contributed by atoms with Crippen molar-refractivity contribution in [2.75, 3.05) is 26.4 Å². The highest BCUT2D eigenvalue weighted by molar-refractivity contribution is 5.71. The lowest BCUT2D eigenvalue weighted by molar-refractivity contribution is -0.305. The molecule has 9 nitrogen and oxygen atoms in total. The minimum absolute atomic E-state index is 0.0868. The standard InChI is InChI=1S/C51H90O9/c1-3-5-7-9-11-13-15-17-19-20-21-22-23-24-25-27-29-31-33-35-37-39-41-57-43-45(44-58-51-50(56)49(55)48(54)46(42-52)60-51)59-47(53)40-38-36-34-32-30-28-26-18-16-14-12-10-8-6-4-2/h6,8,12,14,18,26,30,32,36,38,45-46,48-52,54-56H,3-5,7,9-11,13,15-17,19-25,27-29,31,33-35,37,39-44H2,1-2H3/b8-6-,14-12-,26-18-,32-30-,38-36-. The number of unbranched alkanes of at least 4 members (excludes halogenated alkanes) is 21. The van der Waals surface area contributed by atoms with Gasteiger partial charge in [0.15, 0.2) is 6.29 Å². The van der Waals surface area contributed by atoms with Crippen LogP contribution in [0.5, 0.6) is 0 Å². The lowest BCUT2D eigenvalue weighted by Crippen LogP contribution is -2.59. The van der Waals surface area contributed by atoms with Gasteiger partial charge in [-0.05, 0) is 38.5 Å². The van der Waals surface area contributed by atoms with E-state index in [-0.39, 0.29) is 19.6 Å². The van der Waals surface area contributed by atoms with Crippen molar-refractivity contribution >= 4 is 5.97 Å². The van der Waals surface area contributed by atoms with Crippen molar-refractivity contribution in [1.29, 1.82) is 0 Å². The Labute approximate surface area is 366 Å². The number of allylic oxidation sites excluding steroid dienone is 9. The molecule has 6 atom stereocenters. The summed E-state index contributed by atoms with van der Waals surface area (Å²) in [5.41, 5.74) is 0. The SMILES string of the molecule is CC/C=C\C/C=C\C/C=C\C/C=C\C/C=C\CC(=O)OC(COCCCCCCCCCCCCCCCCCCCCCCCC)COC1OC(CO)C(O)C(O)C1O. The summed E-state index contributed by atoms with van der Waals surface area (Å²) >= 11 is 0. The van der Waals surface area contributed by atoms with Crippen molar-refractivity contribution < 1.29 is 44.2 Å². The first-order valence-corrected chi connectivity index (χ1v) is 24.4. The fraction of sp³-hybridized carbons (Fsp3) is 0.784. The van der Waals surface area contributed by atoms with Gasteiger partial charge in [-0.3, -0.25) is 4.79 Å². The van der Waals surface area contributed by atoms with E-state index >= 15 is 0 Å². The number of aliphatic hydroxyl groups excluding tert-OH is 4. The third-order valence-corrected chi connectivity index (χ3v) is 11.0. The Morgan fingerprint density at radius 1 is 0.533 bits per heavy atom. The monoisotopic (exact) mass is 847 g/mol. The normalized spacial score (nSPS) is 20.5. The Kier molecular flexibility index (Phi) is 39.3. The third-order valence-electron chi connectivity index (χ3n) is 11.0. The minimum Gasteiger partial charge on any atom is -0.457 e. The minimum atomic E-state index is -1.55. The fourth-order valence-corrected chi connectivity index (χ4v) is 7.22. The Morgan fingerprint density at radius 2 is 0.950 bits per heavy atom. The Hall–Kier alpha value is -2.11. The van der Waals surface area contributed by atoms with Gasteiger partial charge >= 0.3 is 5.97 Å².